The average molecular weight is 271 g/mol. The molecule has 1 nitrogen and oxygen atoms in total. The van der Waals surface area contributed by atoms with E-state index in [0.29, 0.717) is 20.7 Å². The molecular weight excluding hydrogens is 263 g/mol. The standard InChI is InChI=1S/C12H8Cl2OS/c13-9-4-2-1-3-8(9)7-10(15)11-5-6-12(14)16-11/h1-6H,7H2. The molecule has 1 aromatic heterocycles. The largest absolute Gasteiger partial charge is 0.293 e. The minimum absolute atomic E-state index is 0.0463. The Hall–Kier alpha value is -0.830. The Labute approximate surface area is 108 Å². The van der Waals surface area contributed by atoms with Crippen molar-refractivity contribution in [1.82, 2.24) is 0 Å². The van der Waals surface area contributed by atoms with Gasteiger partial charge in [0.25, 0.3) is 0 Å². The van der Waals surface area contributed by atoms with E-state index in [1.807, 2.05) is 18.2 Å². The van der Waals surface area contributed by atoms with Crippen molar-refractivity contribution in [3.63, 3.8) is 0 Å². The van der Waals surface area contributed by atoms with Crippen LogP contribution in [-0.2, 0) is 6.42 Å². The van der Waals surface area contributed by atoms with Gasteiger partial charge in [-0.15, -0.1) is 11.3 Å². The molecule has 0 radical (unpaired) electrons. The van der Waals surface area contributed by atoms with Gasteiger partial charge in [-0.2, -0.15) is 0 Å². The Morgan fingerprint density at radius 2 is 1.88 bits per heavy atom. The van der Waals surface area contributed by atoms with Crippen molar-refractivity contribution in [1.29, 1.82) is 0 Å². The fraction of sp³-hybridized carbons (Fsp3) is 0.0833. The quantitative estimate of drug-likeness (QED) is 0.752. The molecule has 0 spiro atoms. The predicted molar refractivity (Wildman–Crippen MR) is 68.8 cm³/mol. The van der Waals surface area contributed by atoms with Crippen LogP contribution >= 0.6 is 34.5 Å². The molecule has 1 heterocycles. The number of thiophene rings is 1. The zero-order chi connectivity index (χ0) is 11.5. The summed E-state index contributed by atoms with van der Waals surface area (Å²) in [5, 5.41) is 0.624. The summed E-state index contributed by atoms with van der Waals surface area (Å²) in [5.41, 5.74) is 0.846. The van der Waals surface area contributed by atoms with Gasteiger partial charge in [-0.1, -0.05) is 41.4 Å². The smallest absolute Gasteiger partial charge is 0.177 e. The molecule has 0 unspecified atom stereocenters. The first-order valence-electron chi connectivity index (χ1n) is 4.69. The van der Waals surface area contributed by atoms with Crippen LogP contribution in [0.5, 0.6) is 0 Å². The Morgan fingerprint density at radius 1 is 1.12 bits per heavy atom. The number of rotatable bonds is 3. The van der Waals surface area contributed by atoms with Gasteiger partial charge in [0, 0.05) is 11.4 Å². The minimum Gasteiger partial charge on any atom is -0.293 e. The Bertz CT molecular complexity index is 519. The maximum absolute atomic E-state index is 11.9. The lowest BCUT2D eigenvalue weighted by molar-refractivity contribution is 0.0997. The SMILES string of the molecule is O=C(Cc1ccccc1Cl)c1ccc(Cl)s1. The van der Waals surface area contributed by atoms with Crippen LogP contribution in [0.2, 0.25) is 9.36 Å². The van der Waals surface area contributed by atoms with Gasteiger partial charge >= 0.3 is 0 Å². The molecule has 0 N–H and O–H groups in total. The summed E-state index contributed by atoms with van der Waals surface area (Å²) in [6.07, 6.45) is 0.316. The van der Waals surface area contributed by atoms with Crippen molar-refractivity contribution in [2.75, 3.05) is 0 Å². The summed E-state index contributed by atoms with van der Waals surface area (Å²) >= 11 is 13.1. The number of ketones is 1. The molecule has 1 aromatic carbocycles. The molecule has 0 aliphatic carbocycles. The van der Waals surface area contributed by atoms with Gasteiger partial charge in [-0.05, 0) is 23.8 Å². The van der Waals surface area contributed by atoms with Gasteiger partial charge in [0.1, 0.15) is 0 Å². The third-order valence-corrected chi connectivity index (χ3v) is 3.80. The Morgan fingerprint density at radius 3 is 2.50 bits per heavy atom. The molecule has 2 aromatic rings. The Kier molecular flexibility index (Phi) is 3.64. The maximum atomic E-state index is 11.9. The molecule has 0 aliphatic heterocycles. The van der Waals surface area contributed by atoms with Crippen LogP contribution in [0, 0.1) is 0 Å². The summed E-state index contributed by atoms with van der Waals surface area (Å²) in [4.78, 5) is 12.5. The van der Waals surface area contributed by atoms with Gasteiger partial charge < -0.3 is 0 Å². The molecule has 0 saturated heterocycles. The summed E-state index contributed by atoms with van der Waals surface area (Å²) in [6, 6.07) is 10.8. The van der Waals surface area contributed by atoms with E-state index >= 15 is 0 Å². The van der Waals surface area contributed by atoms with Crippen molar-refractivity contribution < 1.29 is 4.79 Å². The molecule has 2 rings (SSSR count). The molecule has 0 saturated carbocycles. The van der Waals surface area contributed by atoms with Crippen molar-refractivity contribution in [2.24, 2.45) is 0 Å². The first-order chi connectivity index (χ1) is 7.66. The molecule has 0 fully saturated rings. The average Bonchev–Trinajstić information content (AvgIpc) is 2.68. The van der Waals surface area contributed by atoms with E-state index in [1.54, 1.807) is 18.2 Å². The number of hydrogen-bond donors (Lipinski definition) is 0. The number of carbonyl (C=O) groups excluding carboxylic acids is 1. The Balaban J connectivity index is 2.17. The highest BCUT2D eigenvalue weighted by molar-refractivity contribution is 7.18. The number of benzene rings is 1. The normalized spacial score (nSPS) is 10.4. The highest BCUT2D eigenvalue weighted by atomic mass is 35.5. The molecule has 16 heavy (non-hydrogen) atoms. The van der Waals surface area contributed by atoms with Crippen molar-refractivity contribution in [3.05, 3.63) is 56.2 Å². The lowest BCUT2D eigenvalue weighted by atomic mass is 10.1. The molecular formula is C12H8Cl2OS. The van der Waals surface area contributed by atoms with Gasteiger partial charge in [-0.3, -0.25) is 4.79 Å². The number of carbonyl (C=O) groups is 1. The van der Waals surface area contributed by atoms with Crippen molar-refractivity contribution in [2.45, 2.75) is 6.42 Å². The van der Waals surface area contributed by atoms with Gasteiger partial charge in [0.2, 0.25) is 0 Å². The second-order valence-electron chi connectivity index (χ2n) is 3.30. The third-order valence-electron chi connectivity index (χ3n) is 2.16. The second kappa shape index (κ2) is 5.00. The van der Waals surface area contributed by atoms with Gasteiger partial charge in [0.05, 0.1) is 9.21 Å². The van der Waals surface area contributed by atoms with Crippen molar-refractivity contribution in [3.8, 4) is 0 Å². The van der Waals surface area contributed by atoms with Crippen LogP contribution in [0.3, 0.4) is 0 Å². The van der Waals surface area contributed by atoms with Crippen LogP contribution < -0.4 is 0 Å². The van der Waals surface area contributed by atoms with Gasteiger partial charge in [0.15, 0.2) is 5.78 Å². The topological polar surface area (TPSA) is 17.1 Å². The molecule has 4 heteroatoms. The van der Waals surface area contributed by atoms with Crippen LogP contribution in [0.1, 0.15) is 15.2 Å². The van der Waals surface area contributed by atoms with E-state index in [0.717, 1.165) is 5.56 Å². The highest BCUT2D eigenvalue weighted by Crippen LogP contribution is 2.24. The minimum atomic E-state index is 0.0463. The zero-order valence-electron chi connectivity index (χ0n) is 8.24. The first kappa shape index (κ1) is 11.6. The van der Waals surface area contributed by atoms with E-state index in [9.17, 15) is 4.79 Å². The van der Waals surface area contributed by atoms with E-state index < -0.39 is 0 Å². The zero-order valence-corrected chi connectivity index (χ0v) is 10.6. The number of hydrogen-bond acceptors (Lipinski definition) is 2. The monoisotopic (exact) mass is 270 g/mol. The van der Waals surface area contributed by atoms with Crippen LogP contribution in [0.4, 0.5) is 0 Å². The molecule has 0 amide bonds. The fourth-order valence-corrected chi connectivity index (χ4v) is 2.55. The van der Waals surface area contributed by atoms with Crippen LogP contribution in [0.25, 0.3) is 0 Å². The first-order valence-corrected chi connectivity index (χ1v) is 6.26. The van der Waals surface area contributed by atoms with E-state index in [-0.39, 0.29) is 5.78 Å². The van der Waals surface area contributed by atoms with E-state index in [1.165, 1.54) is 11.3 Å². The molecule has 82 valence electrons. The van der Waals surface area contributed by atoms with Crippen molar-refractivity contribution >= 4 is 40.3 Å². The number of halogens is 2. The molecule has 0 atom stereocenters. The summed E-state index contributed by atoms with van der Waals surface area (Å²) < 4.78 is 0.627. The summed E-state index contributed by atoms with van der Waals surface area (Å²) in [6.45, 7) is 0. The third kappa shape index (κ3) is 2.64. The second-order valence-corrected chi connectivity index (χ2v) is 5.42. The maximum Gasteiger partial charge on any atom is 0.177 e. The summed E-state index contributed by atoms with van der Waals surface area (Å²) in [7, 11) is 0. The lowest BCUT2D eigenvalue weighted by Gasteiger charge is -2.01. The van der Waals surface area contributed by atoms with E-state index in [2.05, 4.69) is 0 Å². The molecule has 0 aliphatic rings. The fourth-order valence-electron chi connectivity index (χ4n) is 1.37. The lowest BCUT2D eigenvalue weighted by Crippen LogP contribution is -2.01. The highest BCUT2D eigenvalue weighted by Gasteiger charge is 2.11. The predicted octanol–water partition coefficient (Wildman–Crippen LogP) is 4.48. The van der Waals surface area contributed by atoms with Gasteiger partial charge in [-0.25, -0.2) is 0 Å². The molecule has 0 bridgehead atoms. The van der Waals surface area contributed by atoms with Crippen LogP contribution in [-0.4, -0.2) is 5.78 Å². The van der Waals surface area contributed by atoms with Crippen LogP contribution in [0.15, 0.2) is 36.4 Å². The number of Topliss-reactive ketones (excluding diaryl/α,β-unsaturated/α-hetero) is 1. The van der Waals surface area contributed by atoms with E-state index in [4.69, 9.17) is 23.2 Å². The summed E-state index contributed by atoms with van der Waals surface area (Å²) in [5.74, 6) is 0.0463.